The lowest BCUT2D eigenvalue weighted by Gasteiger charge is -2.20. The molecule has 0 aliphatic carbocycles. The Morgan fingerprint density at radius 2 is 1.87 bits per heavy atom. The summed E-state index contributed by atoms with van der Waals surface area (Å²) in [4.78, 5) is 39.2. The van der Waals surface area contributed by atoms with E-state index in [2.05, 4.69) is 0 Å². The smallest absolute Gasteiger partial charge is 0.332 e. The lowest BCUT2D eigenvalue weighted by molar-refractivity contribution is -0.131. The van der Waals surface area contributed by atoms with Gasteiger partial charge in [0.2, 0.25) is 5.91 Å². The van der Waals surface area contributed by atoms with Crippen molar-refractivity contribution < 1.29 is 4.79 Å². The molecule has 23 heavy (non-hydrogen) atoms. The van der Waals surface area contributed by atoms with Crippen molar-refractivity contribution in [1.82, 2.24) is 14.0 Å². The number of hydrogen-bond acceptors (Lipinski definition) is 4. The monoisotopic (exact) mass is 337 g/mol. The molecule has 0 fully saturated rings. The molecule has 0 atom stereocenters. The van der Waals surface area contributed by atoms with Gasteiger partial charge in [-0.15, -0.1) is 11.3 Å². The molecule has 7 heteroatoms. The molecule has 2 rings (SSSR count). The molecule has 126 valence electrons. The van der Waals surface area contributed by atoms with E-state index in [4.69, 9.17) is 0 Å². The van der Waals surface area contributed by atoms with E-state index in [1.54, 1.807) is 16.3 Å². The summed E-state index contributed by atoms with van der Waals surface area (Å²) >= 11 is 1.31. The van der Waals surface area contributed by atoms with Crippen molar-refractivity contribution in [3.05, 3.63) is 32.3 Å². The average Bonchev–Trinajstić information content (AvgIpc) is 3.02. The highest BCUT2D eigenvalue weighted by molar-refractivity contribution is 7.17. The van der Waals surface area contributed by atoms with E-state index in [9.17, 15) is 14.4 Å². The third kappa shape index (κ3) is 3.39. The predicted molar refractivity (Wildman–Crippen MR) is 93.2 cm³/mol. The number of hydrogen-bond donors (Lipinski definition) is 0. The Balaban J connectivity index is 2.54. The predicted octanol–water partition coefficient (Wildman–Crippen LogP) is 1.89. The van der Waals surface area contributed by atoms with Crippen LogP contribution >= 0.6 is 11.3 Å². The van der Waals surface area contributed by atoms with Crippen molar-refractivity contribution in [2.24, 2.45) is 0 Å². The van der Waals surface area contributed by atoms with Crippen LogP contribution in [0.15, 0.2) is 21.0 Å². The van der Waals surface area contributed by atoms with Crippen molar-refractivity contribution in [2.45, 2.75) is 46.7 Å². The van der Waals surface area contributed by atoms with E-state index in [0.29, 0.717) is 29.9 Å². The van der Waals surface area contributed by atoms with Crippen molar-refractivity contribution in [2.75, 3.05) is 13.1 Å². The average molecular weight is 337 g/mol. The Morgan fingerprint density at radius 3 is 2.48 bits per heavy atom. The second-order valence-corrected chi connectivity index (χ2v) is 6.30. The molecule has 6 nitrogen and oxygen atoms in total. The third-order valence-corrected chi connectivity index (χ3v) is 4.87. The van der Waals surface area contributed by atoms with Crippen molar-refractivity contribution in [3.63, 3.8) is 0 Å². The van der Waals surface area contributed by atoms with E-state index in [0.717, 1.165) is 12.8 Å². The minimum Gasteiger partial charge on any atom is -0.342 e. The fraction of sp³-hybridized carbons (Fsp3) is 0.562. The van der Waals surface area contributed by atoms with Gasteiger partial charge in [0.1, 0.15) is 11.2 Å². The van der Waals surface area contributed by atoms with Crippen molar-refractivity contribution in [1.29, 1.82) is 0 Å². The van der Waals surface area contributed by atoms with Gasteiger partial charge in [0.05, 0.1) is 5.52 Å². The van der Waals surface area contributed by atoms with Crippen molar-refractivity contribution in [3.8, 4) is 0 Å². The Bertz CT molecular complexity index is 799. The normalized spacial score (nSPS) is 11.1. The number of likely N-dealkylation sites (N-methyl/N-ethyl adjacent to an activating group) is 1. The van der Waals surface area contributed by atoms with E-state index >= 15 is 0 Å². The largest absolute Gasteiger partial charge is 0.342 e. The lowest BCUT2D eigenvalue weighted by atomic mass is 10.3. The summed E-state index contributed by atoms with van der Waals surface area (Å²) in [5.74, 6) is -0.106. The number of carbonyl (C=O) groups is 1. The summed E-state index contributed by atoms with van der Waals surface area (Å²) in [6, 6.07) is 1.74. The van der Waals surface area contributed by atoms with Gasteiger partial charge in [0.25, 0.3) is 5.56 Å². The van der Waals surface area contributed by atoms with Gasteiger partial charge in [-0.3, -0.25) is 18.7 Å². The van der Waals surface area contributed by atoms with Crippen molar-refractivity contribution >= 4 is 27.5 Å². The summed E-state index contributed by atoms with van der Waals surface area (Å²) in [5, 5.41) is 1.79. The third-order valence-electron chi connectivity index (χ3n) is 3.98. The highest BCUT2D eigenvalue weighted by Crippen LogP contribution is 2.15. The zero-order chi connectivity index (χ0) is 17.0. The van der Waals surface area contributed by atoms with Crippen LogP contribution in [-0.2, 0) is 17.9 Å². The number of thiophene rings is 1. The minimum atomic E-state index is -0.394. The van der Waals surface area contributed by atoms with E-state index in [1.165, 1.54) is 20.5 Å². The Kier molecular flexibility index (Phi) is 5.76. The van der Waals surface area contributed by atoms with Crippen LogP contribution < -0.4 is 11.2 Å². The number of rotatable bonds is 7. The zero-order valence-corrected chi connectivity index (χ0v) is 14.7. The standard InChI is InChI=1S/C16H23N3O3S/c1-4-7-9-18-15(21)14-12(8-10-23-14)19(16(18)22)11-13(20)17(5-2)6-3/h8,10H,4-7,9,11H2,1-3H3. The van der Waals surface area contributed by atoms with Crippen LogP contribution in [0.2, 0.25) is 0 Å². The maximum Gasteiger partial charge on any atom is 0.332 e. The molecule has 0 spiro atoms. The lowest BCUT2D eigenvalue weighted by Crippen LogP contribution is -2.43. The van der Waals surface area contributed by atoms with Gasteiger partial charge in [-0.1, -0.05) is 13.3 Å². The molecular weight excluding hydrogens is 314 g/mol. The summed E-state index contributed by atoms with van der Waals surface area (Å²) < 4.78 is 3.23. The minimum absolute atomic E-state index is 0.0276. The topological polar surface area (TPSA) is 64.3 Å². The second kappa shape index (κ2) is 7.59. The van der Waals surface area contributed by atoms with Crippen LogP contribution in [0, 0.1) is 0 Å². The summed E-state index contributed by atoms with van der Waals surface area (Å²) in [6.45, 7) is 7.40. The molecule has 0 radical (unpaired) electrons. The number of aromatic nitrogens is 2. The number of carbonyl (C=O) groups excluding carboxylic acids is 1. The molecule has 0 N–H and O–H groups in total. The van der Waals surface area contributed by atoms with Gasteiger partial charge in [-0.25, -0.2) is 4.79 Å². The molecule has 0 saturated heterocycles. The first-order valence-electron chi connectivity index (χ1n) is 8.03. The molecule has 0 aliphatic rings. The SMILES string of the molecule is CCCCn1c(=O)c2sccc2n(CC(=O)N(CC)CC)c1=O. The molecule has 0 unspecified atom stereocenters. The zero-order valence-electron chi connectivity index (χ0n) is 13.9. The number of fused-ring (bicyclic) bond motifs is 1. The molecule has 2 aromatic heterocycles. The van der Waals surface area contributed by atoms with Gasteiger partial charge < -0.3 is 4.90 Å². The van der Waals surface area contributed by atoms with Crippen LogP contribution in [0.1, 0.15) is 33.6 Å². The first-order valence-corrected chi connectivity index (χ1v) is 8.91. The van der Waals surface area contributed by atoms with E-state index < -0.39 is 5.69 Å². The van der Waals surface area contributed by atoms with Crippen LogP contribution in [0.4, 0.5) is 0 Å². The number of amides is 1. The van der Waals surface area contributed by atoms with Crippen LogP contribution in [0.5, 0.6) is 0 Å². The molecule has 2 aromatic rings. The fourth-order valence-corrected chi connectivity index (χ4v) is 3.45. The molecule has 0 aromatic carbocycles. The number of unbranched alkanes of at least 4 members (excludes halogenated alkanes) is 1. The maximum atomic E-state index is 12.7. The molecule has 0 saturated carbocycles. The first kappa shape index (κ1) is 17.5. The van der Waals surface area contributed by atoms with Gasteiger partial charge in [-0.2, -0.15) is 0 Å². The summed E-state index contributed by atoms with van der Waals surface area (Å²) in [7, 11) is 0. The Hall–Kier alpha value is -1.89. The molecule has 1 amide bonds. The van der Waals surface area contributed by atoms with Gasteiger partial charge >= 0.3 is 5.69 Å². The molecule has 2 heterocycles. The Morgan fingerprint density at radius 1 is 1.17 bits per heavy atom. The van der Waals surface area contributed by atoms with Crippen LogP contribution in [0.3, 0.4) is 0 Å². The molecule has 0 aliphatic heterocycles. The van der Waals surface area contributed by atoms with E-state index in [-0.39, 0.29) is 18.0 Å². The molecule has 0 bridgehead atoms. The first-order chi connectivity index (χ1) is 11.0. The summed E-state index contributed by atoms with van der Waals surface area (Å²) in [5.41, 5.74) is -0.0897. The molecular formula is C16H23N3O3S. The second-order valence-electron chi connectivity index (χ2n) is 5.38. The highest BCUT2D eigenvalue weighted by Gasteiger charge is 2.18. The van der Waals surface area contributed by atoms with Gasteiger partial charge in [0.15, 0.2) is 0 Å². The van der Waals surface area contributed by atoms with Crippen LogP contribution in [-0.4, -0.2) is 33.0 Å². The quantitative estimate of drug-likeness (QED) is 0.775. The van der Waals surface area contributed by atoms with E-state index in [1.807, 2.05) is 20.8 Å². The van der Waals surface area contributed by atoms with Gasteiger partial charge in [-0.05, 0) is 31.7 Å². The summed E-state index contributed by atoms with van der Waals surface area (Å²) in [6.07, 6.45) is 1.66. The maximum absolute atomic E-state index is 12.7. The van der Waals surface area contributed by atoms with Crippen LogP contribution in [0.25, 0.3) is 10.2 Å². The number of nitrogens with zero attached hydrogens (tertiary/aromatic N) is 3. The van der Waals surface area contributed by atoms with Gasteiger partial charge in [0, 0.05) is 19.6 Å². The Labute approximate surface area is 139 Å². The highest BCUT2D eigenvalue weighted by atomic mass is 32.1. The fourth-order valence-electron chi connectivity index (χ4n) is 2.61.